The monoisotopic (exact) mass is 298 g/mol. The molecular formula is C16H14N2O2S. The average Bonchev–Trinajstić information content (AvgIpc) is 2.47. The molecule has 3 aromatic rings. The number of benzene rings is 2. The van der Waals surface area contributed by atoms with Crippen LogP contribution in [0.1, 0.15) is 5.56 Å². The number of pyridine rings is 1. The van der Waals surface area contributed by atoms with Crippen LogP contribution in [0.2, 0.25) is 0 Å². The summed E-state index contributed by atoms with van der Waals surface area (Å²) < 4.78 is 25.0. The molecule has 0 atom stereocenters. The Balaban J connectivity index is 2.08. The molecule has 0 bridgehead atoms. The third-order valence-corrected chi connectivity index (χ3v) is 4.94. The first-order valence-electron chi connectivity index (χ1n) is 6.48. The van der Waals surface area contributed by atoms with Crippen LogP contribution in [0.3, 0.4) is 0 Å². The lowest BCUT2D eigenvalue weighted by atomic mass is 10.1. The predicted octanol–water partition coefficient (Wildman–Crippen LogP) is 2.79. The van der Waals surface area contributed by atoms with Crippen LogP contribution in [0, 0.1) is 0 Å². The van der Waals surface area contributed by atoms with Gasteiger partial charge in [-0.25, -0.2) is 13.4 Å². The first-order chi connectivity index (χ1) is 10.1. The molecule has 5 heteroatoms. The van der Waals surface area contributed by atoms with Gasteiger partial charge in [-0.15, -0.1) is 0 Å². The number of aromatic nitrogens is 1. The minimum atomic E-state index is -3.57. The Labute approximate surface area is 123 Å². The fourth-order valence-corrected chi connectivity index (χ4v) is 3.80. The molecule has 21 heavy (non-hydrogen) atoms. The predicted molar refractivity (Wildman–Crippen MR) is 83.5 cm³/mol. The number of hydrogen-bond donors (Lipinski definition) is 1. The Morgan fingerprint density at radius 1 is 0.952 bits per heavy atom. The summed E-state index contributed by atoms with van der Waals surface area (Å²) >= 11 is 0. The number of nitrogens with zero attached hydrogens (tertiary/aromatic N) is 1. The largest absolute Gasteiger partial charge is 0.396 e. The number of rotatable bonds is 3. The summed E-state index contributed by atoms with van der Waals surface area (Å²) in [5, 5.41) is 1.88. The molecule has 0 unspecified atom stereocenters. The fourth-order valence-electron chi connectivity index (χ4n) is 2.35. The first kappa shape index (κ1) is 13.6. The van der Waals surface area contributed by atoms with E-state index in [4.69, 9.17) is 5.73 Å². The molecule has 0 aliphatic heterocycles. The van der Waals surface area contributed by atoms with Crippen LogP contribution < -0.4 is 5.73 Å². The zero-order chi connectivity index (χ0) is 14.9. The lowest BCUT2D eigenvalue weighted by Crippen LogP contribution is -2.10. The quantitative estimate of drug-likeness (QED) is 0.807. The van der Waals surface area contributed by atoms with E-state index in [-0.39, 0.29) is 16.5 Å². The van der Waals surface area contributed by atoms with Gasteiger partial charge in [0.25, 0.3) is 0 Å². The Hall–Kier alpha value is -2.40. The Kier molecular flexibility index (Phi) is 3.35. The molecule has 1 heterocycles. The van der Waals surface area contributed by atoms with E-state index in [1.807, 2.05) is 42.5 Å². The van der Waals surface area contributed by atoms with Crippen molar-refractivity contribution in [1.82, 2.24) is 4.98 Å². The van der Waals surface area contributed by atoms with Gasteiger partial charge < -0.3 is 5.73 Å². The standard InChI is InChI=1S/C16H14N2O2S/c17-15-9-4-10-18-16(15)21(19,20)11-13-7-3-6-12-5-1-2-8-14(12)13/h1-10H,11,17H2. The average molecular weight is 298 g/mol. The van der Waals surface area contributed by atoms with Gasteiger partial charge in [0.2, 0.25) is 9.84 Å². The van der Waals surface area contributed by atoms with Crippen molar-refractivity contribution in [2.75, 3.05) is 5.73 Å². The lowest BCUT2D eigenvalue weighted by Gasteiger charge is -2.09. The highest BCUT2D eigenvalue weighted by atomic mass is 32.2. The van der Waals surface area contributed by atoms with E-state index in [9.17, 15) is 8.42 Å². The third kappa shape index (κ3) is 2.60. The maximum absolute atomic E-state index is 12.5. The first-order valence-corrected chi connectivity index (χ1v) is 8.13. The highest BCUT2D eigenvalue weighted by Crippen LogP contribution is 2.24. The summed E-state index contributed by atoms with van der Waals surface area (Å²) in [5.41, 5.74) is 6.66. The van der Waals surface area contributed by atoms with Gasteiger partial charge in [0.1, 0.15) is 0 Å². The van der Waals surface area contributed by atoms with E-state index in [0.717, 1.165) is 16.3 Å². The second-order valence-corrected chi connectivity index (χ2v) is 6.70. The van der Waals surface area contributed by atoms with Crippen molar-refractivity contribution in [2.24, 2.45) is 0 Å². The molecule has 0 aliphatic carbocycles. The van der Waals surface area contributed by atoms with Crippen LogP contribution in [0.4, 0.5) is 5.69 Å². The van der Waals surface area contributed by atoms with Crippen molar-refractivity contribution in [3.8, 4) is 0 Å². The van der Waals surface area contributed by atoms with Crippen LogP contribution in [0.25, 0.3) is 10.8 Å². The summed E-state index contributed by atoms with van der Waals surface area (Å²) in [6, 6.07) is 16.5. The van der Waals surface area contributed by atoms with Crippen molar-refractivity contribution in [2.45, 2.75) is 10.8 Å². The van der Waals surface area contributed by atoms with Crippen LogP contribution in [-0.4, -0.2) is 13.4 Å². The Bertz CT molecular complexity index is 900. The SMILES string of the molecule is Nc1cccnc1S(=O)(=O)Cc1cccc2ccccc12. The number of nitrogens with two attached hydrogens (primary N) is 1. The van der Waals surface area contributed by atoms with E-state index >= 15 is 0 Å². The molecule has 0 radical (unpaired) electrons. The summed E-state index contributed by atoms with van der Waals surface area (Å²) in [5.74, 6) is -0.116. The topological polar surface area (TPSA) is 73.0 Å². The van der Waals surface area contributed by atoms with Gasteiger partial charge >= 0.3 is 0 Å². The summed E-state index contributed by atoms with van der Waals surface area (Å²) in [6.45, 7) is 0. The van der Waals surface area contributed by atoms with Crippen LogP contribution in [-0.2, 0) is 15.6 Å². The van der Waals surface area contributed by atoms with Gasteiger partial charge in [-0.3, -0.25) is 0 Å². The van der Waals surface area contributed by atoms with Crippen molar-refractivity contribution >= 4 is 26.3 Å². The Morgan fingerprint density at radius 3 is 2.52 bits per heavy atom. The van der Waals surface area contributed by atoms with Gasteiger partial charge in [-0.05, 0) is 28.5 Å². The Morgan fingerprint density at radius 2 is 1.71 bits per heavy atom. The molecule has 0 spiro atoms. The minimum Gasteiger partial charge on any atom is -0.396 e. The molecule has 3 rings (SSSR count). The summed E-state index contributed by atoms with van der Waals surface area (Å²) in [7, 11) is -3.57. The summed E-state index contributed by atoms with van der Waals surface area (Å²) in [6.07, 6.45) is 1.44. The molecule has 0 fully saturated rings. The third-order valence-electron chi connectivity index (χ3n) is 3.32. The number of anilines is 1. The number of nitrogen functional groups attached to an aromatic ring is 1. The van der Waals surface area contributed by atoms with Crippen molar-refractivity contribution in [1.29, 1.82) is 0 Å². The van der Waals surface area contributed by atoms with Gasteiger partial charge in [0.05, 0.1) is 11.4 Å². The molecule has 2 N–H and O–H groups in total. The molecule has 0 aliphatic rings. The normalized spacial score (nSPS) is 11.6. The lowest BCUT2D eigenvalue weighted by molar-refractivity contribution is 0.592. The molecule has 4 nitrogen and oxygen atoms in total. The number of hydrogen-bond acceptors (Lipinski definition) is 4. The van der Waals surface area contributed by atoms with E-state index in [2.05, 4.69) is 4.98 Å². The zero-order valence-corrected chi connectivity index (χ0v) is 12.0. The van der Waals surface area contributed by atoms with Crippen molar-refractivity contribution in [3.05, 3.63) is 66.4 Å². The smallest absolute Gasteiger partial charge is 0.201 e. The van der Waals surface area contributed by atoms with Gasteiger partial charge in [-0.2, -0.15) is 0 Å². The minimum absolute atomic E-state index is 0.0575. The molecule has 0 saturated carbocycles. The fraction of sp³-hybridized carbons (Fsp3) is 0.0625. The van der Waals surface area contributed by atoms with Crippen molar-refractivity contribution in [3.63, 3.8) is 0 Å². The van der Waals surface area contributed by atoms with Gasteiger partial charge in [0.15, 0.2) is 5.03 Å². The zero-order valence-electron chi connectivity index (χ0n) is 11.2. The van der Waals surface area contributed by atoms with E-state index in [1.54, 1.807) is 12.1 Å². The maximum atomic E-state index is 12.5. The number of fused-ring (bicyclic) bond motifs is 1. The van der Waals surface area contributed by atoms with Gasteiger partial charge in [-0.1, -0.05) is 42.5 Å². The van der Waals surface area contributed by atoms with E-state index < -0.39 is 9.84 Å². The molecule has 2 aromatic carbocycles. The van der Waals surface area contributed by atoms with Gasteiger partial charge in [0, 0.05) is 6.20 Å². The van der Waals surface area contributed by atoms with Crippen LogP contribution in [0.15, 0.2) is 65.8 Å². The van der Waals surface area contributed by atoms with E-state index in [1.165, 1.54) is 6.20 Å². The maximum Gasteiger partial charge on any atom is 0.201 e. The highest BCUT2D eigenvalue weighted by molar-refractivity contribution is 7.90. The van der Waals surface area contributed by atoms with Crippen LogP contribution in [0.5, 0.6) is 0 Å². The molecule has 1 aromatic heterocycles. The highest BCUT2D eigenvalue weighted by Gasteiger charge is 2.20. The van der Waals surface area contributed by atoms with Crippen molar-refractivity contribution < 1.29 is 8.42 Å². The number of sulfone groups is 1. The second-order valence-electron chi connectivity index (χ2n) is 4.80. The molecular weight excluding hydrogens is 284 g/mol. The molecule has 0 amide bonds. The van der Waals surface area contributed by atoms with E-state index in [0.29, 0.717) is 0 Å². The second kappa shape index (κ2) is 5.18. The van der Waals surface area contributed by atoms with Crippen LogP contribution >= 0.6 is 0 Å². The molecule has 106 valence electrons. The summed E-state index contributed by atoms with van der Waals surface area (Å²) in [4.78, 5) is 3.91. The molecule has 0 saturated heterocycles.